The summed E-state index contributed by atoms with van der Waals surface area (Å²) >= 11 is -2.06. The zero-order valence-corrected chi connectivity index (χ0v) is 28.6. The number of aryl methyl sites for hydroxylation is 2. The van der Waals surface area contributed by atoms with Gasteiger partial charge < -0.3 is 24.8 Å². The van der Waals surface area contributed by atoms with Crippen LogP contribution in [0.25, 0.3) is 11.1 Å². The molecule has 2 aromatic carbocycles. The maximum absolute atomic E-state index is 2.62. The summed E-state index contributed by atoms with van der Waals surface area (Å²) in [6.45, 7) is 24.6. The van der Waals surface area contributed by atoms with E-state index in [1.165, 1.54) is 6.42 Å². The van der Waals surface area contributed by atoms with Gasteiger partial charge in [0.2, 0.25) is 0 Å². The summed E-state index contributed by atoms with van der Waals surface area (Å²) < 4.78 is 4.14. The topological polar surface area (TPSA) is 0 Å². The van der Waals surface area contributed by atoms with Crippen molar-refractivity contribution in [2.75, 3.05) is 0 Å². The Balaban J connectivity index is 0.00000204. The van der Waals surface area contributed by atoms with Crippen LogP contribution in [0.3, 0.4) is 0 Å². The molecule has 2 aliphatic carbocycles. The van der Waals surface area contributed by atoms with E-state index in [-0.39, 0.29) is 24.8 Å². The third kappa shape index (κ3) is 5.35. The van der Waals surface area contributed by atoms with E-state index >= 15 is 0 Å². The fourth-order valence-corrected chi connectivity index (χ4v) is 16.7. The first-order chi connectivity index (χ1) is 14.8. The summed E-state index contributed by atoms with van der Waals surface area (Å²) in [6.07, 6.45) is 8.33. The molecule has 0 unspecified atom stereocenters. The quantitative estimate of drug-likeness (QED) is 0.459. The normalized spacial score (nSPS) is 14.4. The SMILES string of the molecule is C[C](C)=[Zr+2]([C]1=CC=CC1)[CH]1c2c(C)cc([Si](C)(C)C)cc2-c2cc([Si](C)(C)C)cc(C)c21.[Cl-].[Cl-]. The zero-order chi connectivity index (χ0) is 23.6. The number of hydrogen-bond donors (Lipinski definition) is 0. The summed E-state index contributed by atoms with van der Waals surface area (Å²) in [5.41, 5.74) is 9.61. The molecule has 0 aliphatic heterocycles. The minimum atomic E-state index is -2.06. The Morgan fingerprint density at radius 2 is 1.21 bits per heavy atom. The Labute approximate surface area is 230 Å². The minimum absolute atomic E-state index is 0. The van der Waals surface area contributed by atoms with Crippen LogP contribution in [0, 0.1) is 13.8 Å². The smallest absolute Gasteiger partial charge is 1.00 e. The van der Waals surface area contributed by atoms with E-state index in [9.17, 15) is 0 Å². The monoisotopic (exact) mass is 604 g/mol. The average molecular weight is 607 g/mol. The molecular weight excluding hydrogens is 567 g/mol. The van der Waals surface area contributed by atoms with Gasteiger partial charge in [-0.05, 0) is 0 Å². The molecule has 0 saturated heterocycles. The minimum Gasteiger partial charge on any atom is -1.00 e. The molecule has 0 N–H and O–H groups in total. The Morgan fingerprint density at radius 1 is 0.765 bits per heavy atom. The molecule has 0 atom stereocenters. The van der Waals surface area contributed by atoms with E-state index in [4.69, 9.17) is 0 Å². The molecule has 2 aromatic rings. The second-order valence-electron chi connectivity index (χ2n) is 12.2. The maximum atomic E-state index is 2.62. The van der Waals surface area contributed by atoms with E-state index in [0.29, 0.717) is 3.63 Å². The summed E-state index contributed by atoms with van der Waals surface area (Å²) in [5.74, 6) is 0. The molecule has 0 radical (unpaired) electrons. The molecule has 4 rings (SSSR count). The fourth-order valence-electron chi connectivity index (χ4n) is 5.55. The van der Waals surface area contributed by atoms with Crippen LogP contribution in [0.5, 0.6) is 0 Å². The molecule has 0 bridgehead atoms. The molecule has 34 heavy (non-hydrogen) atoms. The molecule has 0 heterocycles. The molecule has 0 nitrogen and oxygen atoms in total. The van der Waals surface area contributed by atoms with Crippen LogP contribution in [0.4, 0.5) is 0 Å². The van der Waals surface area contributed by atoms with E-state index < -0.39 is 37.4 Å². The molecule has 0 spiro atoms. The van der Waals surface area contributed by atoms with Crippen LogP contribution in [0.15, 0.2) is 45.8 Å². The van der Waals surface area contributed by atoms with Crippen LogP contribution < -0.4 is 35.2 Å². The van der Waals surface area contributed by atoms with Crippen molar-refractivity contribution in [3.05, 3.63) is 68.0 Å². The van der Waals surface area contributed by atoms with Crippen molar-refractivity contribution in [3.8, 4) is 11.1 Å². The Morgan fingerprint density at radius 3 is 1.53 bits per heavy atom. The molecule has 5 heteroatoms. The molecular formula is C29H40Cl2Si2Zr. The van der Waals surface area contributed by atoms with Gasteiger partial charge in [-0.25, -0.2) is 0 Å². The van der Waals surface area contributed by atoms with Crippen molar-refractivity contribution in [1.82, 2.24) is 0 Å². The van der Waals surface area contributed by atoms with Gasteiger partial charge in [-0.15, -0.1) is 0 Å². The molecule has 0 amide bonds. The number of benzene rings is 2. The third-order valence-corrected chi connectivity index (χ3v) is 19.5. The largest absolute Gasteiger partial charge is 1.00 e. The van der Waals surface area contributed by atoms with E-state index in [1.807, 2.05) is 0 Å². The zero-order valence-electron chi connectivity index (χ0n) is 22.6. The second-order valence-corrected chi connectivity index (χ2v) is 29.8. The van der Waals surface area contributed by atoms with Gasteiger partial charge in [0.1, 0.15) is 0 Å². The molecule has 0 saturated carbocycles. The number of fused-ring (bicyclic) bond motifs is 3. The van der Waals surface area contributed by atoms with Gasteiger partial charge in [0.25, 0.3) is 0 Å². The number of hydrogen-bond acceptors (Lipinski definition) is 0. The van der Waals surface area contributed by atoms with Gasteiger partial charge in [-0.3, -0.25) is 0 Å². The summed E-state index contributed by atoms with van der Waals surface area (Å²) in [5, 5.41) is 3.22. The predicted octanol–water partition coefficient (Wildman–Crippen LogP) is 1.15. The number of allylic oxidation sites excluding steroid dienone is 4. The molecule has 0 fully saturated rings. The van der Waals surface area contributed by atoms with E-state index in [1.54, 1.807) is 50.2 Å². The number of halogens is 2. The standard InChI is InChI=1S/C21H29Si2.C5H5.C3H6.2ClH.Zr/c1-14-9-16(22(3,4)5)11-20-18(14)13-19-15(2)10-17(12-21(19)20)23(6,7)8;1-2-4-5-3-1;1-3-2;;;/h9-13H,1-8H3;1-3H,4H2;1-2H3;2*1H;/q;;;;;+2/p-2. The van der Waals surface area contributed by atoms with Crippen LogP contribution in [0.2, 0.25) is 39.3 Å². The van der Waals surface area contributed by atoms with E-state index in [2.05, 4.69) is 109 Å². The molecule has 2 aliphatic rings. The third-order valence-electron chi connectivity index (χ3n) is 7.32. The molecule has 0 aromatic heterocycles. The van der Waals surface area contributed by atoms with Gasteiger partial charge in [-0.1, -0.05) is 0 Å². The first-order valence-electron chi connectivity index (χ1n) is 12.1. The number of rotatable bonds is 4. The van der Waals surface area contributed by atoms with Crippen LogP contribution in [-0.2, 0) is 21.3 Å². The van der Waals surface area contributed by atoms with Crippen molar-refractivity contribution >= 4 is 29.7 Å². The Bertz CT molecular complexity index is 1130. The van der Waals surface area contributed by atoms with Gasteiger partial charge in [-0.2, -0.15) is 0 Å². The van der Waals surface area contributed by atoms with Crippen molar-refractivity contribution in [2.45, 2.75) is 77.0 Å². The van der Waals surface area contributed by atoms with Crippen LogP contribution >= 0.6 is 0 Å². The summed E-state index contributed by atoms with van der Waals surface area (Å²) in [7, 11) is -2.78. The van der Waals surface area contributed by atoms with Crippen molar-refractivity contribution in [1.29, 1.82) is 0 Å². The second kappa shape index (κ2) is 10.6. The Hall–Kier alpha value is -0.313. The average Bonchev–Trinajstić information content (AvgIpc) is 3.28. The van der Waals surface area contributed by atoms with Gasteiger partial charge in [0, 0.05) is 0 Å². The van der Waals surface area contributed by atoms with Crippen LogP contribution in [0.1, 0.15) is 46.1 Å². The van der Waals surface area contributed by atoms with Gasteiger partial charge in [0.15, 0.2) is 0 Å². The fraction of sp³-hybridized carbons (Fsp3) is 0.414. The maximum Gasteiger partial charge on any atom is -1.00 e. The van der Waals surface area contributed by atoms with Gasteiger partial charge in [0.05, 0.1) is 0 Å². The van der Waals surface area contributed by atoms with Crippen molar-refractivity contribution in [2.24, 2.45) is 0 Å². The van der Waals surface area contributed by atoms with Gasteiger partial charge >= 0.3 is 207 Å². The predicted molar refractivity (Wildman–Crippen MR) is 147 cm³/mol. The van der Waals surface area contributed by atoms with Crippen molar-refractivity contribution in [3.63, 3.8) is 0 Å². The first-order valence-corrected chi connectivity index (χ1v) is 23.0. The Kier molecular flexibility index (Phi) is 9.31. The summed E-state index contributed by atoms with van der Waals surface area (Å²) in [6, 6.07) is 10.4. The van der Waals surface area contributed by atoms with Crippen molar-refractivity contribution < 1.29 is 46.1 Å². The molecule has 182 valence electrons. The first kappa shape index (κ1) is 29.9. The summed E-state index contributed by atoms with van der Waals surface area (Å²) in [4.78, 5) is 0. The van der Waals surface area contributed by atoms with E-state index in [0.717, 1.165) is 0 Å². The van der Waals surface area contributed by atoms with Crippen LogP contribution in [-0.4, -0.2) is 19.4 Å².